The average molecular weight is 216 g/mol. The quantitative estimate of drug-likeness (QED) is 0.623. The zero-order chi connectivity index (χ0) is 11.1. The van der Waals surface area contributed by atoms with Gasteiger partial charge in [0.05, 0.1) is 12.2 Å². The Morgan fingerprint density at radius 1 is 1.47 bits per heavy atom. The Morgan fingerprint density at radius 2 is 2.13 bits per heavy atom. The predicted molar refractivity (Wildman–Crippen MR) is 60.8 cm³/mol. The number of likely N-dealkylation sites (tertiary alicyclic amines) is 1. The van der Waals surface area contributed by atoms with E-state index in [1.54, 1.807) is 0 Å². The lowest BCUT2D eigenvalue weighted by Gasteiger charge is -2.32. The molecule has 1 unspecified atom stereocenters. The highest BCUT2D eigenvalue weighted by molar-refractivity contribution is 4.73. The molecule has 1 atom stereocenters. The van der Waals surface area contributed by atoms with E-state index >= 15 is 0 Å². The number of ether oxygens (including phenoxy) is 1. The normalized spacial score (nSPS) is 21.8. The number of aliphatic hydroxyl groups excluding tert-OH is 1. The topological polar surface area (TPSA) is 58.7 Å². The number of aliphatic hydroxyl groups is 1. The molecule has 0 saturated carbocycles. The average Bonchev–Trinajstić information content (AvgIpc) is 2.20. The molecule has 15 heavy (non-hydrogen) atoms. The van der Waals surface area contributed by atoms with E-state index < -0.39 is 0 Å². The Morgan fingerprint density at radius 3 is 2.67 bits per heavy atom. The van der Waals surface area contributed by atoms with Crippen LogP contribution in [-0.2, 0) is 4.74 Å². The predicted octanol–water partition coefficient (Wildman–Crippen LogP) is 0.197. The molecule has 1 heterocycles. The molecule has 90 valence electrons. The molecule has 0 aromatic carbocycles. The van der Waals surface area contributed by atoms with Crippen LogP contribution in [0.1, 0.15) is 26.2 Å². The summed E-state index contributed by atoms with van der Waals surface area (Å²) in [6.07, 6.45) is 3.30. The van der Waals surface area contributed by atoms with Gasteiger partial charge in [-0.2, -0.15) is 0 Å². The summed E-state index contributed by atoms with van der Waals surface area (Å²) in [4.78, 5) is 2.30. The number of β-amino-alcohol motifs (C(OH)–C–C–N with tert-alkyl or cyclic N) is 1. The Balaban J connectivity index is 2.07. The second-order valence-electron chi connectivity index (χ2n) is 4.36. The van der Waals surface area contributed by atoms with Crippen LogP contribution < -0.4 is 5.73 Å². The maximum absolute atomic E-state index is 9.26. The maximum Gasteiger partial charge on any atom is 0.0639 e. The van der Waals surface area contributed by atoms with E-state index in [1.807, 2.05) is 6.92 Å². The van der Waals surface area contributed by atoms with Gasteiger partial charge in [0, 0.05) is 26.2 Å². The minimum Gasteiger partial charge on any atom is -0.392 e. The molecule has 1 rings (SSSR count). The Hall–Kier alpha value is -0.160. The first kappa shape index (κ1) is 12.9. The molecule has 0 amide bonds. The van der Waals surface area contributed by atoms with Crippen molar-refractivity contribution in [3.63, 3.8) is 0 Å². The number of hydrogen-bond donors (Lipinski definition) is 2. The van der Waals surface area contributed by atoms with Crippen molar-refractivity contribution in [2.75, 3.05) is 32.8 Å². The molecule has 3 N–H and O–H groups in total. The van der Waals surface area contributed by atoms with Gasteiger partial charge >= 0.3 is 0 Å². The van der Waals surface area contributed by atoms with E-state index in [9.17, 15) is 5.11 Å². The third-order valence-corrected chi connectivity index (χ3v) is 2.76. The van der Waals surface area contributed by atoms with Gasteiger partial charge < -0.3 is 20.5 Å². The molecule has 1 aliphatic heterocycles. The summed E-state index contributed by atoms with van der Waals surface area (Å²) in [6.45, 7) is 6.20. The van der Waals surface area contributed by atoms with E-state index in [2.05, 4.69) is 4.90 Å². The summed E-state index contributed by atoms with van der Waals surface area (Å²) in [7, 11) is 0. The molecule has 0 aromatic rings. The van der Waals surface area contributed by atoms with Gasteiger partial charge in [-0.3, -0.25) is 0 Å². The molecule has 0 spiro atoms. The molecular weight excluding hydrogens is 192 g/mol. The largest absolute Gasteiger partial charge is 0.392 e. The summed E-state index contributed by atoms with van der Waals surface area (Å²) in [5.74, 6) is 0. The van der Waals surface area contributed by atoms with E-state index in [0.29, 0.717) is 12.6 Å². The van der Waals surface area contributed by atoms with Gasteiger partial charge in [0.2, 0.25) is 0 Å². The lowest BCUT2D eigenvalue weighted by atomic mass is 10.1. The number of rotatable bonds is 6. The molecule has 0 bridgehead atoms. The second-order valence-corrected chi connectivity index (χ2v) is 4.36. The van der Waals surface area contributed by atoms with Crippen LogP contribution in [0.2, 0.25) is 0 Å². The first-order valence-corrected chi connectivity index (χ1v) is 5.94. The molecule has 0 radical (unpaired) electrons. The van der Waals surface area contributed by atoms with E-state index in [4.69, 9.17) is 10.5 Å². The van der Waals surface area contributed by atoms with Crippen molar-refractivity contribution in [3.8, 4) is 0 Å². The molecule has 0 aliphatic carbocycles. The number of piperidine rings is 1. The van der Waals surface area contributed by atoms with E-state index in [-0.39, 0.29) is 6.10 Å². The van der Waals surface area contributed by atoms with Gasteiger partial charge in [0.1, 0.15) is 0 Å². The third kappa shape index (κ3) is 5.47. The highest BCUT2D eigenvalue weighted by Crippen LogP contribution is 2.13. The van der Waals surface area contributed by atoms with Gasteiger partial charge in [-0.05, 0) is 32.7 Å². The van der Waals surface area contributed by atoms with Crippen LogP contribution in [0.3, 0.4) is 0 Å². The van der Waals surface area contributed by atoms with Crippen molar-refractivity contribution in [1.29, 1.82) is 0 Å². The van der Waals surface area contributed by atoms with Crippen molar-refractivity contribution in [3.05, 3.63) is 0 Å². The fourth-order valence-electron chi connectivity index (χ4n) is 1.97. The summed E-state index contributed by atoms with van der Waals surface area (Å²) in [5, 5.41) is 9.26. The number of nitrogens with two attached hydrogens (primary N) is 1. The second kappa shape index (κ2) is 7.17. The fourth-order valence-corrected chi connectivity index (χ4v) is 1.97. The molecule has 1 saturated heterocycles. The molecule has 1 fully saturated rings. The molecule has 0 aromatic heterocycles. The zero-order valence-electron chi connectivity index (χ0n) is 9.69. The van der Waals surface area contributed by atoms with Gasteiger partial charge in [-0.15, -0.1) is 0 Å². The summed E-state index contributed by atoms with van der Waals surface area (Å²) >= 11 is 0. The van der Waals surface area contributed by atoms with Crippen molar-refractivity contribution in [1.82, 2.24) is 4.90 Å². The van der Waals surface area contributed by atoms with E-state index in [1.165, 1.54) is 0 Å². The smallest absolute Gasteiger partial charge is 0.0639 e. The molecular formula is C11H24N2O2. The number of hydrogen-bond acceptors (Lipinski definition) is 4. The van der Waals surface area contributed by atoms with Crippen molar-refractivity contribution in [2.45, 2.75) is 38.4 Å². The third-order valence-electron chi connectivity index (χ3n) is 2.76. The van der Waals surface area contributed by atoms with Crippen molar-refractivity contribution in [2.24, 2.45) is 5.73 Å². The van der Waals surface area contributed by atoms with Gasteiger partial charge in [0.15, 0.2) is 0 Å². The summed E-state index contributed by atoms with van der Waals surface area (Å²) < 4.78 is 5.71. The standard InChI is InChI=1S/C11H24N2O2/c1-10(14)9-13-6-3-11(4-7-13)15-8-2-5-12/h10-11,14H,2-9,12H2,1H3. The molecule has 4 heteroatoms. The Bertz CT molecular complexity index is 157. The van der Waals surface area contributed by atoms with Crippen LogP contribution in [-0.4, -0.2) is 55.0 Å². The van der Waals surface area contributed by atoms with Crippen LogP contribution in [0.5, 0.6) is 0 Å². The first-order chi connectivity index (χ1) is 7.22. The SMILES string of the molecule is CC(O)CN1CCC(OCCCN)CC1. The van der Waals surface area contributed by atoms with Gasteiger partial charge in [0.25, 0.3) is 0 Å². The van der Waals surface area contributed by atoms with Crippen LogP contribution >= 0.6 is 0 Å². The minimum atomic E-state index is -0.222. The lowest BCUT2D eigenvalue weighted by Crippen LogP contribution is -2.40. The van der Waals surface area contributed by atoms with Crippen LogP contribution in [0.15, 0.2) is 0 Å². The van der Waals surface area contributed by atoms with Crippen LogP contribution in [0, 0.1) is 0 Å². The molecule has 1 aliphatic rings. The zero-order valence-corrected chi connectivity index (χ0v) is 9.69. The van der Waals surface area contributed by atoms with E-state index in [0.717, 1.165) is 45.5 Å². The summed E-state index contributed by atoms with van der Waals surface area (Å²) in [5.41, 5.74) is 5.40. The number of nitrogens with zero attached hydrogens (tertiary/aromatic N) is 1. The van der Waals surface area contributed by atoms with Gasteiger partial charge in [-0.1, -0.05) is 0 Å². The van der Waals surface area contributed by atoms with Crippen molar-refractivity contribution >= 4 is 0 Å². The highest BCUT2D eigenvalue weighted by Gasteiger charge is 2.19. The Labute approximate surface area is 92.4 Å². The summed E-state index contributed by atoms with van der Waals surface area (Å²) in [6, 6.07) is 0. The molecule has 4 nitrogen and oxygen atoms in total. The monoisotopic (exact) mass is 216 g/mol. The minimum absolute atomic E-state index is 0.222. The van der Waals surface area contributed by atoms with Crippen molar-refractivity contribution < 1.29 is 9.84 Å². The van der Waals surface area contributed by atoms with Crippen LogP contribution in [0.25, 0.3) is 0 Å². The lowest BCUT2D eigenvalue weighted by molar-refractivity contribution is -0.000781. The first-order valence-electron chi connectivity index (χ1n) is 5.94. The fraction of sp³-hybridized carbons (Fsp3) is 1.00. The highest BCUT2D eigenvalue weighted by atomic mass is 16.5. The maximum atomic E-state index is 9.26. The van der Waals surface area contributed by atoms with Crippen LogP contribution in [0.4, 0.5) is 0 Å². The Kier molecular flexibility index (Phi) is 6.17. The van der Waals surface area contributed by atoms with Gasteiger partial charge in [-0.25, -0.2) is 0 Å².